The van der Waals surface area contributed by atoms with Crippen LogP contribution in [0, 0.1) is 0 Å². The standard InChI is InChI=1S/C20H23N3O2/c1-25-20(24)19-9-7-17(8-10-19)15-21-23-13-11-22(12-14-23)16-18-5-3-2-4-6-18/h2-10,15H,11-14,16H2,1H3/p+1/b21-15+. The van der Waals surface area contributed by atoms with E-state index in [4.69, 9.17) is 4.74 Å². The molecule has 1 fully saturated rings. The predicted molar refractivity (Wildman–Crippen MR) is 97.8 cm³/mol. The number of nitrogens with zero attached hydrogens (tertiary/aromatic N) is 2. The summed E-state index contributed by atoms with van der Waals surface area (Å²) in [6.07, 6.45) is 1.85. The lowest BCUT2D eigenvalue weighted by atomic mass is 10.1. The summed E-state index contributed by atoms with van der Waals surface area (Å²) in [5.41, 5.74) is 2.92. The summed E-state index contributed by atoms with van der Waals surface area (Å²) in [5, 5.41) is 6.68. The van der Waals surface area contributed by atoms with E-state index in [1.54, 1.807) is 17.0 Å². The number of carbonyl (C=O) groups is 1. The maximum atomic E-state index is 11.4. The molecule has 2 aromatic rings. The highest BCUT2D eigenvalue weighted by Crippen LogP contribution is 2.04. The van der Waals surface area contributed by atoms with Crippen molar-refractivity contribution < 1.29 is 14.4 Å². The van der Waals surface area contributed by atoms with Gasteiger partial charge in [-0.25, -0.2) is 4.79 Å². The van der Waals surface area contributed by atoms with E-state index in [2.05, 4.69) is 40.4 Å². The fourth-order valence-corrected chi connectivity index (χ4v) is 2.96. The van der Waals surface area contributed by atoms with Crippen LogP contribution in [0.2, 0.25) is 0 Å². The van der Waals surface area contributed by atoms with Gasteiger partial charge in [-0.3, -0.25) is 5.01 Å². The number of rotatable bonds is 5. The summed E-state index contributed by atoms with van der Waals surface area (Å²) in [4.78, 5) is 13.0. The number of piperazine rings is 1. The maximum absolute atomic E-state index is 11.4. The average molecular weight is 338 g/mol. The van der Waals surface area contributed by atoms with E-state index < -0.39 is 0 Å². The van der Waals surface area contributed by atoms with Gasteiger partial charge in [0.25, 0.3) is 0 Å². The zero-order chi connectivity index (χ0) is 17.5. The van der Waals surface area contributed by atoms with E-state index in [1.165, 1.54) is 12.7 Å². The van der Waals surface area contributed by atoms with Gasteiger partial charge >= 0.3 is 5.97 Å². The minimum absolute atomic E-state index is 0.319. The highest BCUT2D eigenvalue weighted by Gasteiger charge is 2.18. The van der Waals surface area contributed by atoms with Crippen molar-refractivity contribution in [1.82, 2.24) is 5.01 Å². The van der Waals surface area contributed by atoms with E-state index in [0.717, 1.165) is 38.3 Å². The van der Waals surface area contributed by atoms with Crippen LogP contribution in [0.1, 0.15) is 21.5 Å². The van der Waals surface area contributed by atoms with Crippen molar-refractivity contribution in [3.05, 3.63) is 71.3 Å². The van der Waals surface area contributed by atoms with E-state index >= 15 is 0 Å². The molecule has 1 aliphatic rings. The number of nitrogens with one attached hydrogen (secondary N) is 1. The molecule has 5 heteroatoms. The molecule has 3 rings (SSSR count). The molecule has 1 heterocycles. The van der Waals surface area contributed by atoms with Gasteiger partial charge < -0.3 is 9.64 Å². The normalized spacial score (nSPS) is 15.5. The van der Waals surface area contributed by atoms with Gasteiger partial charge in [0.15, 0.2) is 0 Å². The molecule has 0 amide bonds. The predicted octanol–water partition coefficient (Wildman–Crippen LogP) is 1.21. The first-order valence-corrected chi connectivity index (χ1v) is 8.59. The molecule has 0 spiro atoms. The van der Waals surface area contributed by atoms with Crippen LogP contribution in [0.15, 0.2) is 59.7 Å². The number of benzene rings is 2. The SMILES string of the molecule is COC(=O)c1ccc(/C=N/N2CC[NH+](Cc3ccccc3)CC2)cc1. The molecular formula is C20H24N3O2+. The number of hydrazone groups is 1. The largest absolute Gasteiger partial charge is 0.465 e. The molecule has 1 aliphatic heterocycles. The number of hydrogen-bond acceptors (Lipinski definition) is 4. The highest BCUT2D eigenvalue weighted by molar-refractivity contribution is 5.90. The number of hydrogen-bond donors (Lipinski definition) is 1. The second-order valence-electron chi connectivity index (χ2n) is 6.22. The molecule has 0 radical (unpaired) electrons. The van der Waals surface area contributed by atoms with Gasteiger partial charge in [0.05, 0.1) is 45.1 Å². The molecule has 5 nitrogen and oxygen atoms in total. The summed E-state index contributed by atoms with van der Waals surface area (Å²) in [7, 11) is 1.39. The Balaban J connectivity index is 1.48. The smallest absolute Gasteiger partial charge is 0.337 e. The quantitative estimate of drug-likeness (QED) is 0.658. The van der Waals surface area contributed by atoms with Crippen molar-refractivity contribution in [3.63, 3.8) is 0 Å². The molecular weight excluding hydrogens is 314 g/mol. The highest BCUT2D eigenvalue weighted by atomic mass is 16.5. The number of quaternary nitrogens is 1. The number of ether oxygens (including phenoxy) is 1. The topological polar surface area (TPSA) is 46.3 Å². The summed E-state index contributed by atoms with van der Waals surface area (Å²) in [6, 6.07) is 17.9. The van der Waals surface area contributed by atoms with Crippen LogP contribution in [0.25, 0.3) is 0 Å². The summed E-state index contributed by atoms with van der Waals surface area (Å²) in [6.45, 7) is 5.17. The summed E-state index contributed by atoms with van der Waals surface area (Å²) in [5.74, 6) is -0.319. The van der Waals surface area contributed by atoms with Gasteiger partial charge in [-0.2, -0.15) is 5.10 Å². The second-order valence-corrected chi connectivity index (χ2v) is 6.22. The molecule has 130 valence electrons. The Hall–Kier alpha value is -2.66. The third kappa shape index (κ3) is 4.90. The minimum Gasteiger partial charge on any atom is -0.465 e. The lowest BCUT2D eigenvalue weighted by molar-refractivity contribution is -0.918. The molecule has 0 bridgehead atoms. The van der Waals surface area contributed by atoms with Crippen LogP contribution in [-0.2, 0) is 11.3 Å². The van der Waals surface area contributed by atoms with Crippen molar-refractivity contribution >= 4 is 12.2 Å². The minimum atomic E-state index is -0.319. The zero-order valence-corrected chi connectivity index (χ0v) is 14.5. The Morgan fingerprint density at radius 2 is 1.80 bits per heavy atom. The Morgan fingerprint density at radius 3 is 2.44 bits per heavy atom. The van der Waals surface area contributed by atoms with E-state index in [-0.39, 0.29) is 5.97 Å². The van der Waals surface area contributed by atoms with Crippen LogP contribution in [-0.4, -0.2) is 50.5 Å². The fourth-order valence-electron chi connectivity index (χ4n) is 2.96. The van der Waals surface area contributed by atoms with Gasteiger partial charge in [0, 0.05) is 5.56 Å². The molecule has 0 aliphatic carbocycles. The first-order valence-electron chi connectivity index (χ1n) is 8.59. The van der Waals surface area contributed by atoms with Crippen LogP contribution in [0.3, 0.4) is 0 Å². The van der Waals surface area contributed by atoms with Crippen LogP contribution in [0.5, 0.6) is 0 Å². The third-order valence-electron chi connectivity index (χ3n) is 4.45. The molecule has 0 saturated carbocycles. The third-order valence-corrected chi connectivity index (χ3v) is 4.45. The summed E-state index contributed by atoms with van der Waals surface area (Å²) < 4.78 is 4.70. The van der Waals surface area contributed by atoms with Gasteiger partial charge in [-0.05, 0) is 17.7 Å². The van der Waals surface area contributed by atoms with Gasteiger partial charge in [0.2, 0.25) is 0 Å². The van der Waals surface area contributed by atoms with Crippen LogP contribution < -0.4 is 4.90 Å². The Bertz CT molecular complexity index is 705. The van der Waals surface area contributed by atoms with E-state index in [1.807, 2.05) is 18.3 Å². The number of esters is 1. The molecule has 0 unspecified atom stereocenters. The van der Waals surface area contributed by atoms with Gasteiger partial charge in [-0.15, -0.1) is 0 Å². The zero-order valence-electron chi connectivity index (χ0n) is 14.5. The van der Waals surface area contributed by atoms with Gasteiger partial charge in [0.1, 0.15) is 6.54 Å². The van der Waals surface area contributed by atoms with Crippen molar-refractivity contribution in [2.24, 2.45) is 5.10 Å². The average Bonchev–Trinajstić information content (AvgIpc) is 2.68. The first kappa shape index (κ1) is 17.2. The van der Waals surface area contributed by atoms with Crippen LogP contribution >= 0.6 is 0 Å². The second kappa shape index (κ2) is 8.44. The molecule has 0 atom stereocenters. The van der Waals surface area contributed by atoms with Crippen molar-refractivity contribution in [1.29, 1.82) is 0 Å². The maximum Gasteiger partial charge on any atom is 0.337 e. The Kier molecular flexibility index (Phi) is 5.80. The van der Waals surface area contributed by atoms with Crippen molar-refractivity contribution in [2.75, 3.05) is 33.3 Å². The molecule has 25 heavy (non-hydrogen) atoms. The van der Waals surface area contributed by atoms with E-state index in [0.29, 0.717) is 5.56 Å². The Morgan fingerprint density at radius 1 is 1.12 bits per heavy atom. The fraction of sp³-hybridized carbons (Fsp3) is 0.300. The monoisotopic (exact) mass is 338 g/mol. The van der Waals surface area contributed by atoms with Gasteiger partial charge in [-0.1, -0.05) is 42.5 Å². The molecule has 2 aromatic carbocycles. The Labute approximate surface area is 148 Å². The van der Waals surface area contributed by atoms with Crippen molar-refractivity contribution in [3.8, 4) is 0 Å². The summed E-state index contributed by atoms with van der Waals surface area (Å²) >= 11 is 0. The molecule has 1 N–H and O–H groups in total. The number of carbonyl (C=O) groups excluding carboxylic acids is 1. The lowest BCUT2D eigenvalue weighted by Gasteiger charge is -2.30. The lowest BCUT2D eigenvalue weighted by Crippen LogP contribution is -3.13. The van der Waals surface area contributed by atoms with Crippen LogP contribution in [0.4, 0.5) is 0 Å². The first-order chi connectivity index (χ1) is 12.2. The molecule has 0 aromatic heterocycles. The van der Waals surface area contributed by atoms with E-state index in [9.17, 15) is 4.79 Å². The van der Waals surface area contributed by atoms with Crippen molar-refractivity contribution in [2.45, 2.75) is 6.54 Å². The molecule has 1 saturated heterocycles. The number of methoxy groups -OCH3 is 1.